The molecule has 0 unspecified atom stereocenters. The first-order chi connectivity index (χ1) is 11.3. The lowest BCUT2D eigenvalue weighted by atomic mass is 9.98. The van der Waals surface area contributed by atoms with Crippen LogP contribution in [0.5, 0.6) is 0 Å². The van der Waals surface area contributed by atoms with Crippen LogP contribution in [0.15, 0.2) is 28.8 Å². The molecular formula is C17H19F3N2O2. The molecule has 0 radical (unpaired) electrons. The van der Waals surface area contributed by atoms with Crippen molar-refractivity contribution < 1.29 is 22.5 Å². The first-order valence-electron chi connectivity index (χ1n) is 7.69. The van der Waals surface area contributed by atoms with Crippen molar-refractivity contribution in [3.05, 3.63) is 52.4 Å². The fraction of sp³-hybridized carbons (Fsp3) is 0.412. The maximum atomic E-state index is 12.7. The van der Waals surface area contributed by atoms with Gasteiger partial charge in [-0.2, -0.15) is 13.2 Å². The van der Waals surface area contributed by atoms with Gasteiger partial charge in [0, 0.05) is 18.1 Å². The number of aromatic nitrogens is 1. The Labute approximate surface area is 137 Å². The lowest BCUT2D eigenvalue weighted by Gasteiger charge is -2.11. The molecule has 2 N–H and O–H groups in total. The van der Waals surface area contributed by atoms with Gasteiger partial charge >= 0.3 is 6.18 Å². The van der Waals surface area contributed by atoms with Crippen LogP contribution < -0.4 is 5.73 Å². The summed E-state index contributed by atoms with van der Waals surface area (Å²) >= 11 is 0. The summed E-state index contributed by atoms with van der Waals surface area (Å²) in [5, 5.41) is 3.80. The SMILES string of the molecule is Cc1cc(CCCCCc2ccc(C(F)(F)F)cc2C(N)=O)on1. The first kappa shape index (κ1) is 18.0. The normalized spacial score (nSPS) is 11.7. The third-order valence-electron chi connectivity index (χ3n) is 3.75. The van der Waals surface area contributed by atoms with E-state index in [1.807, 2.05) is 13.0 Å². The smallest absolute Gasteiger partial charge is 0.366 e. The number of rotatable bonds is 7. The number of unbranched alkanes of at least 4 members (excludes halogenated alkanes) is 2. The third kappa shape index (κ3) is 4.84. The number of aryl methyl sites for hydroxylation is 3. The summed E-state index contributed by atoms with van der Waals surface area (Å²) in [6.45, 7) is 1.85. The van der Waals surface area contributed by atoms with E-state index in [-0.39, 0.29) is 5.56 Å². The van der Waals surface area contributed by atoms with Crippen molar-refractivity contribution >= 4 is 5.91 Å². The fourth-order valence-electron chi connectivity index (χ4n) is 2.53. The van der Waals surface area contributed by atoms with Crippen molar-refractivity contribution in [1.82, 2.24) is 5.16 Å². The summed E-state index contributed by atoms with van der Waals surface area (Å²) in [7, 11) is 0. The molecule has 4 nitrogen and oxygen atoms in total. The van der Waals surface area contributed by atoms with Crippen LogP contribution in [0.1, 0.15) is 52.2 Å². The van der Waals surface area contributed by atoms with E-state index < -0.39 is 17.6 Å². The van der Waals surface area contributed by atoms with Crippen LogP contribution in [0.4, 0.5) is 13.2 Å². The third-order valence-corrected chi connectivity index (χ3v) is 3.75. The summed E-state index contributed by atoms with van der Waals surface area (Å²) in [5.74, 6) is -0.0203. The van der Waals surface area contributed by atoms with Crippen LogP contribution in [-0.2, 0) is 19.0 Å². The molecule has 2 rings (SSSR count). The van der Waals surface area contributed by atoms with Gasteiger partial charge in [-0.25, -0.2) is 0 Å². The van der Waals surface area contributed by atoms with Gasteiger partial charge in [-0.15, -0.1) is 0 Å². The number of carbonyl (C=O) groups excluding carboxylic acids is 1. The molecule has 1 aromatic heterocycles. The topological polar surface area (TPSA) is 69.1 Å². The van der Waals surface area contributed by atoms with E-state index in [0.717, 1.165) is 49.3 Å². The molecule has 0 fully saturated rings. The van der Waals surface area contributed by atoms with Crippen molar-refractivity contribution in [1.29, 1.82) is 0 Å². The summed E-state index contributed by atoms with van der Waals surface area (Å²) < 4.78 is 43.2. The number of alkyl halides is 3. The van der Waals surface area contributed by atoms with Crippen molar-refractivity contribution in [2.24, 2.45) is 5.73 Å². The van der Waals surface area contributed by atoms with E-state index in [2.05, 4.69) is 5.16 Å². The Bertz CT molecular complexity index is 708. The second kappa shape index (κ2) is 7.51. The predicted octanol–water partition coefficient (Wildman–Crippen LogP) is 4.06. The highest BCUT2D eigenvalue weighted by Crippen LogP contribution is 2.31. The van der Waals surface area contributed by atoms with Gasteiger partial charge in [0.15, 0.2) is 0 Å². The molecule has 1 amide bonds. The molecule has 1 heterocycles. The zero-order chi connectivity index (χ0) is 17.7. The molecule has 0 atom stereocenters. The molecule has 0 spiro atoms. The Balaban J connectivity index is 1.90. The van der Waals surface area contributed by atoms with Crippen molar-refractivity contribution in [2.45, 2.75) is 45.2 Å². The highest BCUT2D eigenvalue weighted by Gasteiger charge is 2.31. The number of hydrogen-bond acceptors (Lipinski definition) is 3. The highest BCUT2D eigenvalue weighted by molar-refractivity contribution is 5.94. The summed E-state index contributed by atoms with van der Waals surface area (Å²) in [6.07, 6.45) is -0.737. The number of nitrogens with two attached hydrogens (primary N) is 1. The Morgan fingerprint density at radius 1 is 1.17 bits per heavy atom. The molecule has 0 saturated carbocycles. The molecule has 0 saturated heterocycles. The molecule has 7 heteroatoms. The van der Waals surface area contributed by atoms with Gasteiger partial charge in [-0.3, -0.25) is 4.79 Å². The zero-order valence-corrected chi connectivity index (χ0v) is 13.3. The van der Waals surface area contributed by atoms with E-state index in [9.17, 15) is 18.0 Å². The molecule has 24 heavy (non-hydrogen) atoms. The molecular weight excluding hydrogens is 321 g/mol. The first-order valence-corrected chi connectivity index (χ1v) is 7.69. The molecule has 0 aliphatic carbocycles. The van der Waals surface area contributed by atoms with Crippen LogP contribution >= 0.6 is 0 Å². The molecule has 0 bridgehead atoms. The zero-order valence-electron chi connectivity index (χ0n) is 13.3. The fourth-order valence-corrected chi connectivity index (χ4v) is 2.53. The summed E-state index contributed by atoms with van der Waals surface area (Å²) in [6, 6.07) is 5.03. The van der Waals surface area contributed by atoms with Crippen LogP contribution in [0.3, 0.4) is 0 Å². The number of primary amides is 1. The number of nitrogens with zero attached hydrogens (tertiary/aromatic N) is 1. The molecule has 0 aliphatic rings. The predicted molar refractivity (Wildman–Crippen MR) is 82.5 cm³/mol. The van der Waals surface area contributed by atoms with E-state index >= 15 is 0 Å². The quantitative estimate of drug-likeness (QED) is 0.773. The van der Waals surface area contributed by atoms with Gasteiger partial charge in [-0.05, 0) is 43.9 Å². The van der Waals surface area contributed by atoms with Gasteiger partial charge in [-0.1, -0.05) is 17.6 Å². The van der Waals surface area contributed by atoms with Crippen LogP contribution in [0, 0.1) is 6.92 Å². The van der Waals surface area contributed by atoms with Gasteiger partial charge < -0.3 is 10.3 Å². The van der Waals surface area contributed by atoms with Gasteiger partial charge in [0.1, 0.15) is 5.76 Å². The largest absolute Gasteiger partial charge is 0.416 e. The lowest BCUT2D eigenvalue weighted by Crippen LogP contribution is -2.16. The number of carbonyl (C=O) groups is 1. The minimum Gasteiger partial charge on any atom is -0.366 e. The van der Waals surface area contributed by atoms with Gasteiger partial charge in [0.25, 0.3) is 0 Å². The monoisotopic (exact) mass is 340 g/mol. The lowest BCUT2D eigenvalue weighted by molar-refractivity contribution is -0.137. The Hall–Kier alpha value is -2.31. The maximum absolute atomic E-state index is 12.7. The minimum atomic E-state index is -4.49. The average molecular weight is 340 g/mol. The Morgan fingerprint density at radius 3 is 2.46 bits per heavy atom. The highest BCUT2D eigenvalue weighted by atomic mass is 19.4. The maximum Gasteiger partial charge on any atom is 0.416 e. The summed E-state index contributed by atoms with van der Waals surface area (Å²) in [5.41, 5.74) is 5.67. The van der Waals surface area contributed by atoms with E-state index in [1.165, 1.54) is 6.07 Å². The second-order valence-electron chi connectivity index (χ2n) is 5.73. The van der Waals surface area contributed by atoms with Crippen molar-refractivity contribution in [3.8, 4) is 0 Å². The average Bonchev–Trinajstić information content (AvgIpc) is 2.91. The number of amides is 1. The number of benzene rings is 1. The minimum absolute atomic E-state index is 0.0596. The number of halogens is 3. The Morgan fingerprint density at radius 2 is 1.88 bits per heavy atom. The summed E-state index contributed by atoms with van der Waals surface area (Å²) in [4.78, 5) is 11.4. The van der Waals surface area contributed by atoms with E-state index in [4.69, 9.17) is 10.3 Å². The van der Waals surface area contributed by atoms with Crippen molar-refractivity contribution in [2.75, 3.05) is 0 Å². The standard InChI is InChI=1S/C17H19F3N2O2/c1-11-9-14(24-22-11)6-4-2-3-5-12-7-8-13(17(18,19)20)10-15(12)16(21)23/h7-10H,2-6H2,1H3,(H2,21,23). The van der Waals surface area contributed by atoms with Crippen LogP contribution in [0.25, 0.3) is 0 Å². The molecule has 2 aromatic rings. The molecule has 130 valence electrons. The van der Waals surface area contributed by atoms with E-state index in [0.29, 0.717) is 12.0 Å². The van der Waals surface area contributed by atoms with Crippen LogP contribution in [0.2, 0.25) is 0 Å². The van der Waals surface area contributed by atoms with E-state index in [1.54, 1.807) is 0 Å². The Kier molecular flexibility index (Phi) is 5.64. The van der Waals surface area contributed by atoms with Gasteiger partial charge in [0.05, 0.1) is 11.3 Å². The molecule has 1 aromatic carbocycles. The van der Waals surface area contributed by atoms with Gasteiger partial charge in [0.2, 0.25) is 5.91 Å². The molecule has 0 aliphatic heterocycles. The van der Waals surface area contributed by atoms with Crippen molar-refractivity contribution in [3.63, 3.8) is 0 Å². The number of hydrogen-bond donors (Lipinski definition) is 1. The van der Waals surface area contributed by atoms with Crippen LogP contribution in [-0.4, -0.2) is 11.1 Å². The second-order valence-corrected chi connectivity index (χ2v) is 5.73.